The summed E-state index contributed by atoms with van der Waals surface area (Å²) in [4.78, 5) is 15.8. The van der Waals surface area contributed by atoms with Gasteiger partial charge in [0.1, 0.15) is 12.4 Å². The first-order valence-corrected chi connectivity index (χ1v) is 5.79. The molecule has 88 valence electrons. The molecule has 1 aromatic heterocycles. The van der Waals surface area contributed by atoms with Crippen LogP contribution in [0.25, 0.3) is 0 Å². The van der Waals surface area contributed by atoms with Gasteiger partial charge in [-0.25, -0.2) is 4.98 Å². The van der Waals surface area contributed by atoms with Gasteiger partial charge >= 0.3 is 0 Å². The number of hydrogen-bond acceptors (Lipinski definition) is 3. The molecule has 5 heteroatoms. The lowest BCUT2D eigenvalue weighted by Gasteiger charge is -2.08. The Labute approximate surface area is 95.2 Å². The zero-order chi connectivity index (χ0) is 11.4. The molecule has 1 aromatic rings. The normalized spacial score (nSPS) is 15.1. The summed E-state index contributed by atoms with van der Waals surface area (Å²) in [7, 11) is 0. The lowest BCUT2D eigenvalue weighted by molar-refractivity contribution is -0.121. The monoisotopic (exact) mass is 222 g/mol. The number of hydrogen-bond donors (Lipinski definition) is 2. The van der Waals surface area contributed by atoms with Gasteiger partial charge in [0, 0.05) is 18.4 Å². The van der Waals surface area contributed by atoms with E-state index in [0.29, 0.717) is 19.1 Å². The Morgan fingerprint density at radius 2 is 2.44 bits per heavy atom. The predicted octanol–water partition coefficient (Wildman–Crippen LogP) is 0.271. The molecule has 2 rings (SSSR count). The molecule has 0 radical (unpaired) electrons. The Kier molecular flexibility index (Phi) is 3.56. The summed E-state index contributed by atoms with van der Waals surface area (Å²) in [5.74, 6) is 0.992. The molecule has 0 aliphatic heterocycles. The molecule has 0 bridgehead atoms. The van der Waals surface area contributed by atoms with Crippen molar-refractivity contribution in [3.8, 4) is 0 Å². The Balaban J connectivity index is 1.86. The van der Waals surface area contributed by atoms with Gasteiger partial charge in [0.2, 0.25) is 5.91 Å². The van der Waals surface area contributed by atoms with Gasteiger partial charge in [-0.15, -0.1) is 0 Å². The van der Waals surface area contributed by atoms with Crippen LogP contribution in [0.4, 0.5) is 0 Å². The fraction of sp³-hybridized carbons (Fsp3) is 0.636. The highest BCUT2D eigenvalue weighted by molar-refractivity contribution is 5.76. The number of rotatable bonds is 6. The fourth-order valence-corrected chi connectivity index (χ4v) is 1.54. The van der Waals surface area contributed by atoms with Gasteiger partial charge in [0.15, 0.2) is 0 Å². The maximum Gasteiger partial charge on any atom is 0.240 e. The lowest BCUT2D eigenvalue weighted by Crippen LogP contribution is -2.30. The van der Waals surface area contributed by atoms with E-state index in [0.717, 1.165) is 25.2 Å². The smallest absolute Gasteiger partial charge is 0.240 e. The van der Waals surface area contributed by atoms with Crippen LogP contribution in [0.5, 0.6) is 0 Å². The van der Waals surface area contributed by atoms with Gasteiger partial charge < -0.3 is 15.2 Å². The zero-order valence-electron chi connectivity index (χ0n) is 9.57. The number of nitrogens with one attached hydrogen (secondary N) is 2. The number of amides is 1. The maximum atomic E-state index is 11.6. The highest BCUT2D eigenvalue weighted by Crippen LogP contribution is 2.18. The van der Waals surface area contributed by atoms with Crippen LogP contribution >= 0.6 is 0 Å². The molecule has 1 aliphatic rings. The van der Waals surface area contributed by atoms with E-state index in [2.05, 4.69) is 15.6 Å². The van der Waals surface area contributed by atoms with E-state index in [1.54, 1.807) is 6.20 Å². The Morgan fingerprint density at radius 3 is 3.12 bits per heavy atom. The lowest BCUT2D eigenvalue weighted by atomic mass is 10.5. The highest BCUT2D eigenvalue weighted by Gasteiger charge is 2.23. The minimum atomic E-state index is 0.0817. The molecule has 1 aliphatic carbocycles. The summed E-state index contributed by atoms with van der Waals surface area (Å²) in [6.07, 6.45) is 5.83. The molecule has 1 heterocycles. The SMILES string of the molecule is CCNCc1nccn1CC(=O)NC1CC1. The van der Waals surface area contributed by atoms with E-state index in [9.17, 15) is 4.79 Å². The molecule has 0 aromatic carbocycles. The van der Waals surface area contributed by atoms with Crippen molar-refractivity contribution < 1.29 is 4.79 Å². The van der Waals surface area contributed by atoms with Gasteiger partial charge in [0.25, 0.3) is 0 Å². The summed E-state index contributed by atoms with van der Waals surface area (Å²) in [6, 6.07) is 0.424. The third kappa shape index (κ3) is 3.06. The average Bonchev–Trinajstić information content (AvgIpc) is 2.95. The van der Waals surface area contributed by atoms with Gasteiger partial charge in [-0.05, 0) is 19.4 Å². The van der Waals surface area contributed by atoms with Crippen LogP contribution in [-0.2, 0) is 17.9 Å². The van der Waals surface area contributed by atoms with E-state index in [-0.39, 0.29) is 5.91 Å². The van der Waals surface area contributed by atoms with E-state index in [4.69, 9.17) is 0 Å². The molecule has 1 saturated carbocycles. The van der Waals surface area contributed by atoms with Crippen molar-refractivity contribution in [2.24, 2.45) is 0 Å². The third-order valence-electron chi connectivity index (χ3n) is 2.59. The van der Waals surface area contributed by atoms with Crippen molar-refractivity contribution in [3.05, 3.63) is 18.2 Å². The van der Waals surface area contributed by atoms with E-state index in [1.807, 2.05) is 17.7 Å². The molecule has 5 nitrogen and oxygen atoms in total. The molecule has 0 spiro atoms. The Morgan fingerprint density at radius 1 is 1.62 bits per heavy atom. The van der Waals surface area contributed by atoms with Crippen LogP contribution in [0.3, 0.4) is 0 Å². The zero-order valence-corrected chi connectivity index (χ0v) is 9.57. The summed E-state index contributed by atoms with van der Waals surface area (Å²) >= 11 is 0. The fourth-order valence-electron chi connectivity index (χ4n) is 1.54. The summed E-state index contributed by atoms with van der Waals surface area (Å²) in [6.45, 7) is 4.03. The maximum absolute atomic E-state index is 11.6. The van der Waals surface area contributed by atoms with Crippen LogP contribution in [0.1, 0.15) is 25.6 Å². The van der Waals surface area contributed by atoms with Crippen LogP contribution in [0.15, 0.2) is 12.4 Å². The van der Waals surface area contributed by atoms with Crippen molar-refractivity contribution in [1.82, 2.24) is 20.2 Å². The van der Waals surface area contributed by atoms with E-state index < -0.39 is 0 Å². The number of nitrogens with zero attached hydrogens (tertiary/aromatic N) is 2. The minimum Gasteiger partial charge on any atom is -0.352 e. The summed E-state index contributed by atoms with van der Waals surface area (Å²) in [5, 5.41) is 6.17. The Hall–Kier alpha value is -1.36. The van der Waals surface area contributed by atoms with E-state index >= 15 is 0 Å². The topological polar surface area (TPSA) is 59.0 Å². The first kappa shape index (κ1) is 11.1. The number of carbonyl (C=O) groups is 1. The number of carbonyl (C=O) groups excluding carboxylic acids is 1. The second-order valence-electron chi connectivity index (χ2n) is 4.09. The van der Waals surface area contributed by atoms with Crippen LogP contribution < -0.4 is 10.6 Å². The summed E-state index contributed by atoms with van der Waals surface area (Å²) < 4.78 is 1.89. The largest absolute Gasteiger partial charge is 0.352 e. The number of aromatic nitrogens is 2. The predicted molar refractivity (Wildman–Crippen MR) is 60.8 cm³/mol. The van der Waals surface area contributed by atoms with Gasteiger partial charge in [-0.1, -0.05) is 6.92 Å². The summed E-state index contributed by atoms with van der Waals surface area (Å²) in [5.41, 5.74) is 0. The minimum absolute atomic E-state index is 0.0817. The molecular weight excluding hydrogens is 204 g/mol. The van der Waals surface area contributed by atoms with Crippen LogP contribution in [0.2, 0.25) is 0 Å². The first-order chi connectivity index (χ1) is 7.79. The molecule has 1 fully saturated rings. The van der Waals surface area contributed by atoms with Crippen molar-refractivity contribution in [1.29, 1.82) is 0 Å². The van der Waals surface area contributed by atoms with E-state index in [1.165, 1.54) is 0 Å². The molecule has 1 amide bonds. The van der Waals surface area contributed by atoms with Crippen molar-refractivity contribution in [3.63, 3.8) is 0 Å². The quantitative estimate of drug-likeness (QED) is 0.726. The van der Waals surface area contributed by atoms with Crippen molar-refractivity contribution in [2.45, 2.75) is 38.9 Å². The molecule has 0 atom stereocenters. The molecule has 16 heavy (non-hydrogen) atoms. The average molecular weight is 222 g/mol. The highest BCUT2D eigenvalue weighted by atomic mass is 16.2. The van der Waals surface area contributed by atoms with Crippen LogP contribution in [-0.4, -0.2) is 28.0 Å². The first-order valence-electron chi connectivity index (χ1n) is 5.79. The van der Waals surface area contributed by atoms with Crippen molar-refractivity contribution in [2.75, 3.05) is 6.54 Å². The third-order valence-corrected chi connectivity index (χ3v) is 2.59. The van der Waals surface area contributed by atoms with Crippen molar-refractivity contribution >= 4 is 5.91 Å². The molecule has 2 N–H and O–H groups in total. The Bertz CT molecular complexity index is 357. The molecular formula is C11H18N4O. The second kappa shape index (κ2) is 5.12. The van der Waals surface area contributed by atoms with Crippen LogP contribution in [0, 0.1) is 0 Å². The standard InChI is InChI=1S/C11H18N4O/c1-2-12-7-10-13-5-6-15(10)8-11(16)14-9-3-4-9/h5-6,9,12H,2-4,7-8H2,1H3,(H,14,16). The molecule has 0 unspecified atom stereocenters. The second-order valence-corrected chi connectivity index (χ2v) is 4.09. The number of imidazole rings is 1. The van der Waals surface area contributed by atoms with Gasteiger partial charge in [-0.2, -0.15) is 0 Å². The van der Waals surface area contributed by atoms with Gasteiger partial charge in [-0.3, -0.25) is 4.79 Å². The molecule has 0 saturated heterocycles. The van der Waals surface area contributed by atoms with Gasteiger partial charge in [0.05, 0.1) is 6.54 Å².